The molecule has 5 nitrogen and oxygen atoms in total. The average molecular weight is 340 g/mol. The number of halogens is 2. The van der Waals surface area contributed by atoms with Crippen molar-refractivity contribution < 1.29 is 9.18 Å². The fraction of sp³-hybridized carbons (Fsp3) is 0.154. The monoisotopic (exact) mass is 339 g/mol. The molecule has 0 saturated heterocycles. The summed E-state index contributed by atoms with van der Waals surface area (Å²) in [5, 5.41) is 6.47. The van der Waals surface area contributed by atoms with Gasteiger partial charge in [0.25, 0.3) is 11.5 Å². The Balaban J connectivity index is 2.30. The lowest BCUT2D eigenvalue weighted by atomic mass is 10.2. The summed E-state index contributed by atoms with van der Waals surface area (Å²) in [6.45, 7) is 1.68. The molecule has 0 atom stereocenters. The highest BCUT2D eigenvalue weighted by atomic mass is 79.9. The predicted octanol–water partition coefficient (Wildman–Crippen LogP) is 2.24. The summed E-state index contributed by atoms with van der Waals surface area (Å²) in [4.78, 5) is 23.2. The highest BCUT2D eigenvalue weighted by Crippen LogP contribution is 2.24. The fourth-order valence-corrected chi connectivity index (χ4v) is 1.93. The molecule has 104 valence electrons. The molecule has 0 aliphatic rings. The van der Waals surface area contributed by atoms with E-state index < -0.39 is 11.7 Å². The number of rotatable bonds is 2. The Hall–Kier alpha value is -2.02. The summed E-state index contributed by atoms with van der Waals surface area (Å²) in [7, 11) is 1.46. The lowest BCUT2D eigenvalue weighted by Crippen LogP contribution is -2.23. The fourth-order valence-electron chi connectivity index (χ4n) is 1.59. The molecule has 1 aromatic carbocycles. The summed E-state index contributed by atoms with van der Waals surface area (Å²) < 4.78 is 14.6. The van der Waals surface area contributed by atoms with Crippen LogP contribution in [0.15, 0.2) is 33.5 Å². The molecule has 1 N–H and O–H groups in total. The van der Waals surface area contributed by atoms with E-state index in [4.69, 9.17) is 0 Å². The van der Waals surface area contributed by atoms with Gasteiger partial charge in [-0.25, -0.2) is 9.07 Å². The van der Waals surface area contributed by atoms with Crippen molar-refractivity contribution >= 4 is 27.5 Å². The van der Waals surface area contributed by atoms with E-state index in [0.29, 0.717) is 11.3 Å². The molecular formula is C13H11BrFN3O2. The zero-order valence-electron chi connectivity index (χ0n) is 10.8. The number of carbonyl (C=O) groups excluding carboxylic acids is 1. The van der Waals surface area contributed by atoms with Crippen LogP contribution in [-0.2, 0) is 7.05 Å². The third-order valence-electron chi connectivity index (χ3n) is 2.71. The molecule has 7 heteroatoms. The van der Waals surface area contributed by atoms with Gasteiger partial charge >= 0.3 is 0 Å². The molecule has 0 aliphatic heterocycles. The zero-order valence-corrected chi connectivity index (χ0v) is 12.4. The highest BCUT2D eigenvalue weighted by molar-refractivity contribution is 9.10. The number of hydrogen-bond acceptors (Lipinski definition) is 3. The molecule has 0 fully saturated rings. The van der Waals surface area contributed by atoms with Gasteiger partial charge in [-0.1, -0.05) is 0 Å². The van der Waals surface area contributed by atoms with Gasteiger partial charge in [0.15, 0.2) is 0 Å². The Labute approximate surface area is 122 Å². The van der Waals surface area contributed by atoms with E-state index in [2.05, 4.69) is 26.3 Å². The molecule has 20 heavy (non-hydrogen) atoms. The molecule has 0 saturated carbocycles. The second-order valence-corrected chi connectivity index (χ2v) is 5.07. The topological polar surface area (TPSA) is 64.0 Å². The molecule has 0 aliphatic carbocycles. The zero-order chi connectivity index (χ0) is 14.9. The van der Waals surface area contributed by atoms with E-state index in [1.165, 1.54) is 31.3 Å². The minimum absolute atomic E-state index is 0.104. The van der Waals surface area contributed by atoms with Crippen LogP contribution >= 0.6 is 15.9 Å². The molecule has 1 heterocycles. The largest absolute Gasteiger partial charge is 0.320 e. The standard InChI is InChI=1S/C13H11BrFN3O2/c1-7-5-9(15)8(14)6-11(7)16-13(20)10-3-4-12(19)18(2)17-10/h3-6H,1-2H3,(H,16,20). The van der Waals surface area contributed by atoms with Crippen molar-refractivity contribution in [2.75, 3.05) is 5.32 Å². The van der Waals surface area contributed by atoms with Gasteiger partial charge in [0, 0.05) is 18.8 Å². The second-order valence-electron chi connectivity index (χ2n) is 4.22. The number of aryl methyl sites for hydroxylation is 2. The second kappa shape index (κ2) is 5.54. The van der Waals surface area contributed by atoms with Gasteiger partial charge in [0.1, 0.15) is 11.5 Å². The van der Waals surface area contributed by atoms with Crippen LogP contribution in [0.4, 0.5) is 10.1 Å². The number of nitrogens with zero attached hydrogens (tertiary/aromatic N) is 2. The van der Waals surface area contributed by atoms with Gasteiger partial charge in [-0.05, 0) is 46.6 Å². The number of benzene rings is 1. The molecular weight excluding hydrogens is 329 g/mol. The van der Waals surface area contributed by atoms with Crippen LogP contribution in [-0.4, -0.2) is 15.7 Å². The molecule has 2 aromatic rings. The predicted molar refractivity (Wildman–Crippen MR) is 76.3 cm³/mol. The van der Waals surface area contributed by atoms with E-state index in [-0.39, 0.29) is 15.7 Å². The number of nitrogens with one attached hydrogen (secondary N) is 1. The summed E-state index contributed by atoms with van der Waals surface area (Å²) in [6, 6.07) is 5.39. The maximum atomic E-state index is 13.3. The quantitative estimate of drug-likeness (QED) is 0.912. The highest BCUT2D eigenvalue weighted by Gasteiger charge is 2.12. The lowest BCUT2D eigenvalue weighted by Gasteiger charge is -2.09. The van der Waals surface area contributed by atoms with Gasteiger partial charge < -0.3 is 5.32 Å². The van der Waals surface area contributed by atoms with Crippen LogP contribution in [0.5, 0.6) is 0 Å². The summed E-state index contributed by atoms with van der Waals surface area (Å²) in [5.41, 5.74) is 0.858. The van der Waals surface area contributed by atoms with Gasteiger partial charge in [-0.15, -0.1) is 0 Å². The Kier molecular flexibility index (Phi) is 3.99. The van der Waals surface area contributed by atoms with Gasteiger partial charge in [-0.2, -0.15) is 5.10 Å². The average Bonchev–Trinajstić information content (AvgIpc) is 2.39. The number of amides is 1. The third kappa shape index (κ3) is 2.93. The first kappa shape index (κ1) is 14.4. The van der Waals surface area contributed by atoms with Crippen LogP contribution in [0.1, 0.15) is 16.1 Å². The van der Waals surface area contributed by atoms with Crippen molar-refractivity contribution in [1.82, 2.24) is 9.78 Å². The Morgan fingerprint density at radius 3 is 2.75 bits per heavy atom. The molecule has 0 spiro atoms. The van der Waals surface area contributed by atoms with Gasteiger partial charge in [-0.3, -0.25) is 9.59 Å². The minimum Gasteiger partial charge on any atom is -0.320 e. The number of hydrogen-bond donors (Lipinski definition) is 1. The smallest absolute Gasteiger partial charge is 0.276 e. The van der Waals surface area contributed by atoms with Crippen molar-refractivity contribution in [1.29, 1.82) is 0 Å². The molecule has 1 amide bonds. The van der Waals surface area contributed by atoms with E-state index in [1.54, 1.807) is 6.92 Å². The van der Waals surface area contributed by atoms with Crippen molar-refractivity contribution in [2.45, 2.75) is 6.92 Å². The summed E-state index contributed by atoms with van der Waals surface area (Å²) in [5.74, 6) is -0.872. The molecule has 2 rings (SSSR count). The van der Waals surface area contributed by atoms with Crippen LogP contribution < -0.4 is 10.9 Å². The lowest BCUT2D eigenvalue weighted by molar-refractivity contribution is 0.102. The van der Waals surface area contributed by atoms with Crippen molar-refractivity contribution in [2.24, 2.45) is 7.05 Å². The van der Waals surface area contributed by atoms with Crippen LogP contribution in [0.25, 0.3) is 0 Å². The maximum Gasteiger partial charge on any atom is 0.276 e. The molecule has 0 unspecified atom stereocenters. The van der Waals surface area contributed by atoms with Crippen molar-refractivity contribution in [3.05, 3.63) is 56.2 Å². The molecule has 1 aromatic heterocycles. The van der Waals surface area contributed by atoms with Gasteiger partial charge in [0.2, 0.25) is 0 Å². The van der Waals surface area contributed by atoms with Crippen molar-refractivity contribution in [3.63, 3.8) is 0 Å². The molecule has 0 bridgehead atoms. The van der Waals surface area contributed by atoms with E-state index in [9.17, 15) is 14.0 Å². The normalized spacial score (nSPS) is 10.4. The number of anilines is 1. The first-order valence-corrected chi connectivity index (χ1v) is 6.49. The SMILES string of the molecule is Cc1cc(F)c(Br)cc1NC(=O)c1ccc(=O)n(C)n1. The minimum atomic E-state index is -0.470. The van der Waals surface area contributed by atoms with Crippen LogP contribution in [0.2, 0.25) is 0 Å². The number of carbonyl (C=O) groups is 1. The summed E-state index contributed by atoms with van der Waals surface area (Å²) >= 11 is 3.06. The molecule has 0 radical (unpaired) electrons. The van der Waals surface area contributed by atoms with E-state index in [1.807, 2.05) is 0 Å². The Morgan fingerprint density at radius 2 is 2.10 bits per heavy atom. The van der Waals surface area contributed by atoms with E-state index in [0.717, 1.165) is 4.68 Å². The first-order chi connectivity index (χ1) is 9.38. The maximum absolute atomic E-state index is 13.3. The van der Waals surface area contributed by atoms with Gasteiger partial charge in [0.05, 0.1) is 4.47 Å². The van der Waals surface area contributed by atoms with Crippen molar-refractivity contribution in [3.8, 4) is 0 Å². The van der Waals surface area contributed by atoms with Crippen LogP contribution in [0, 0.1) is 12.7 Å². The Bertz CT molecular complexity index is 743. The third-order valence-corrected chi connectivity index (χ3v) is 3.32. The van der Waals surface area contributed by atoms with E-state index >= 15 is 0 Å². The van der Waals surface area contributed by atoms with Crippen LogP contribution in [0.3, 0.4) is 0 Å². The number of aromatic nitrogens is 2. The Morgan fingerprint density at radius 1 is 1.40 bits per heavy atom. The first-order valence-electron chi connectivity index (χ1n) is 5.70. The summed E-state index contributed by atoms with van der Waals surface area (Å²) in [6.07, 6.45) is 0.